The summed E-state index contributed by atoms with van der Waals surface area (Å²) >= 11 is 0. The van der Waals surface area contributed by atoms with Gasteiger partial charge in [0.2, 0.25) is 0 Å². The third-order valence-electron chi connectivity index (χ3n) is 3.16. The van der Waals surface area contributed by atoms with Crippen LogP contribution in [0, 0.1) is 6.92 Å². The molecule has 18 heavy (non-hydrogen) atoms. The second-order valence-corrected chi connectivity index (χ2v) is 4.55. The Bertz CT molecular complexity index is 520. The van der Waals surface area contributed by atoms with Crippen LogP contribution in [0.2, 0.25) is 0 Å². The molecule has 0 unspecified atom stereocenters. The highest BCUT2D eigenvalue weighted by Crippen LogP contribution is 2.20. The Kier molecular flexibility index (Phi) is 3.88. The molecule has 94 valence electrons. The van der Waals surface area contributed by atoms with E-state index in [2.05, 4.69) is 49.1 Å². The van der Waals surface area contributed by atoms with E-state index in [9.17, 15) is 0 Å². The van der Waals surface area contributed by atoms with Gasteiger partial charge in [-0.15, -0.1) is 0 Å². The van der Waals surface area contributed by atoms with Crippen molar-refractivity contribution in [3.05, 3.63) is 59.7 Å². The number of rotatable bonds is 4. The quantitative estimate of drug-likeness (QED) is 0.827. The van der Waals surface area contributed by atoms with Crippen LogP contribution < -0.4 is 10.6 Å². The van der Waals surface area contributed by atoms with Gasteiger partial charge in [-0.25, -0.2) is 0 Å². The van der Waals surface area contributed by atoms with Gasteiger partial charge in [0.15, 0.2) is 0 Å². The Morgan fingerprint density at radius 2 is 1.83 bits per heavy atom. The molecule has 0 bridgehead atoms. The van der Waals surface area contributed by atoms with Crippen molar-refractivity contribution in [1.82, 2.24) is 0 Å². The van der Waals surface area contributed by atoms with E-state index < -0.39 is 0 Å². The first-order valence-electron chi connectivity index (χ1n) is 6.35. The molecule has 0 aliphatic carbocycles. The Labute approximate surface area is 109 Å². The van der Waals surface area contributed by atoms with Gasteiger partial charge in [-0.2, -0.15) is 0 Å². The molecule has 0 atom stereocenters. The van der Waals surface area contributed by atoms with Crippen molar-refractivity contribution < 1.29 is 0 Å². The Balaban J connectivity index is 2.23. The number of hydrogen-bond acceptors (Lipinski definition) is 2. The van der Waals surface area contributed by atoms with Gasteiger partial charge < -0.3 is 10.6 Å². The van der Waals surface area contributed by atoms with E-state index in [-0.39, 0.29) is 0 Å². The van der Waals surface area contributed by atoms with Gasteiger partial charge >= 0.3 is 0 Å². The van der Waals surface area contributed by atoms with Crippen LogP contribution >= 0.6 is 0 Å². The van der Waals surface area contributed by atoms with Crippen LogP contribution in [0.5, 0.6) is 0 Å². The Hall–Kier alpha value is -1.96. The molecule has 2 heteroatoms. The molecule has 0 radical (unpaired) electrons. The van der Waals surface area contributed by atoms with Gasteiger partial charge in [0.25, 0.3) is 0 Å². The van der Waals surface area contributed by atoms with Crippen LogP contribution in [0.3, 0.4) is 0 Å². The van der Waals surface area contributed by atoms with Crippen molar-refractivity contribution in [2.24, 2.45) is 0 Å². The van der Waals surface area contributed by atoms with E-state index in [1.807, 2.05) is 18.2 Å². The summed E-state index contributed by atoms with van der Waals surface area (Å²) in [7, 11) is 0. The maximum absolute atomic E-state index is 6.00. The molecule has 0 aliphatic rings. The minimum atomic E-state index is 0.854. The van der Waals surface area contributed by atoms with Crippen molar-refractivity contribution in [3.8, 4) is 0 Å². The molecule has 2 aromatic carbocycles. The molecule has 0 spiro atoms. The van der Waals surface area contributed by atoms with Crippen molar-refractivity contribution in [3.63, 3.8) is 0 Å². The number of nitrogen functional groups attached to an aromatic ring is 1. The summed E-state index contributed by atoms with van der Waals surface area (Å²) < 4.78 is 0. The number of hydrogen-bond donors (Lipinski definition) is 1. The summed E-state index contributed by atoms with van der Waals surface area (Å²) in [5, 5.41) is 0. The summed E-state index contributed by atoms with van der Waals surface area (Å²) in [6.45, 7) is 6.11. The van der Waals surface area contributed by atoms with Crippen molar-refractivity contribution >= 4 is 11.4 Å². The number of para-hydroxylation sites is 1. The molecule has 0 aromatic heterocycles. The average molecular weight is 240 g/mol. The van der Waals surface area contributed by atoms with Gasteiger partial charge in [0.05, 0.1) is 0 Å². The summed E-state index contributed by atoms with van der Waals surface area (Å²) in [6, 6.07) is 16.6. The summed E-state index contributed by atoms with van der Waals surface area (Å²) in [5.74, 6) is 0. The molecular weight excluding hydrogens is 220 g/mol. The van der Waals surface area contributed by atoms with E-state index in [1.54, 1.807) is 0 Å². The molecule has 0 saturated carbocycles. The first-order chi connectivity index (χ1) is 8.70. The highest BCUT2D eigenvalue weighted by atomic mass is 15.1. The summed E-state index contributed by atoms with van der Waals surface area (Å²) in [4.78, 5) is 2.33. The zero-order valence-corrected chi connectivity index (χ0v) is 11.1. The minimum Gasteiger partial charge on any atom is -0.398 e. The van der Waals surface area contributed by atoms with Crippen LogP contribution in [-0.4, -0.2) is 6.54 Å². The maximum atomic E-state index is 6.00. The van der Waals surface area contributed by atoms with Gasteiger partial charge in [-0.3, -0.25) is 0 Å². The summed E-state index contributed by atoms with van der Waals surface area (Å²) in [6.07, 6.45) is 0. The summed E-state index contributed by atoms with van der Waals surface area (Å²) in [5.41, 5.74) is 10.6. The fourth-order valence-electron chi connectivity index (χ4n) is 2.09. The zero-order chi connectivity index (χ0) is 13.0. The molecular formula is C16H20N2. The van der Waals surface area contributed by atoms with Crippen LogP contribution in [0.4, 0.5) is 11.4 Å². The fraction of sp³-hybridized carbons (Fsp3) is 0.250. The zero-order valence-electron chi connectivity index (χ0n) is 11.1. The average Bonchev–Trinajstić information content (AvgIpc) is 2.38. The lowest BCUT2D eigenvalue weighted by Gasteiger charge is -2.24. The predicted octanol–water partition coefficient (Wildman–Crippen LogP) is 3.60. The molecule has 0 saturated heterocycles. The normalized spacial score (nSPS) is 10.3. The fourth-order valence-corrected chi connectivity index (χ4v) is 2.09. The van der Waals surface area contributed by atoms with Gasteiger partial charge in [0.1, 0.15) is 0 Å². The Morgan fingerprint density at radius 1 is 1.06 bits per heavy atom. The molecule has 0 fully saturated rings. The molecule has 2 aromatic rings. The molecule has 2 nitrogen and oxygen atoms in total. The lowest BCUT2D eigenvalue weighted by molar-refractivity contribution is 0.833. The highest BCUT2D eigenvalue weighted by Gasteiger charge is 2.07. The maximum Gasteiger partial charge on any atom is 0.0449 e. The number of anilines is 2. The number of nitrogens with zero attached hydrogens (tertiary/aromatic N) is 1. The molecule has 2 N–H and O–H groups in total. The van der Waals surface area contributed by atoms with Gasteiger partial charge in [-0.05, 0) is 43.2 Å². The van der Waals surface area contributed by atoms with Crippen molar-refractivity contribution in [2.45, 2.75) is 20.4 Å². The third-order valence-corrected chi connectivity index (χ3v) is 3.16. The SMILES string of the molecule is CCN(Cc1ccccc1N)c1cccc(C)c1. The predicted molar refractivity (Wildman–Crippen MR) is 78.8 cm³/mol. The first kappa shape index (κ1) is 12.5. The van der Waals surface area contributed by atoms with E-state index in [1.165, 1.54) is 16.8 Å². The number of benzene rings is 2. The molecule has 2 rings (SSSR count). The van der Waals surface area contributed by atoms with Gasteiger partial charge in [-0.1, -0.05) is 30.3 Å². The van der Waals surface area contributed by atoms with Crippen LogP contribution in [-0.2, 0) is 6.54 Å². The van der Waals surface area contributed by atoms with E-state index >= 15 is 0 Å². The van der Waals surface area contributed by atoms with E-state index in [0.717, 1.165) is 18.8 Å². The van der Waals surface area contributed by atoms with E-state index in [0.29, 0.717) is 0 Å². The lowest BCUT2D eigenvalue weighted by atomic mass is 10.1. The van der Waals surface area contributed by atoms with Crippen LogP contribution in [0.1, 0.15) is 18.1 Å². The highest BCUT2D eigenvalue weighted by molar-refractivity contribution is 5.52. The standard InChI is InChI=1S/C16H20N2/c1-3-18(15-9-6-7-13(2)11-15)12-14-8-4-5-10-16(14)17/h4-11H,3,12,17H2,1-2H3. The second-order valence-electron chi connectivity index (χ2n) is 4.55. The van der Waals surface area contributed by atoms with Crippen molar-refractivity contribution in [2.75, 3.05) is 17.2 Å². The van der Waals surface area contributed by atoms with E-state index in [4.69, 9.17) is 5.73 Å². The van der Waals surface area contributed by atoms with Crippen LogP contribution in [0.25, 0.3) is 0 Å². The molecule has 0 aliphatic heterocycles. The topological polar surface area (TPSA) is 29.3 Å². The Morgan fingerprint density at radius 3 is 2.50 bits per heavy atom. The van der Waals surface area contributed by atoms with Crippen molar-refractivity contribution in [1.29, 1.82) is 0 Å². The smallest absolute Gasteiger partial charge is 0.0449 e. The monoisotopic (exact) mass is 240 g/mol. The number of aryl methyl sites for hydroxylation is 1. The molecule has 0 heterocycles. The first-order valence-corrected chi connectivity index (χ1v) is 6.35. The largest absolute Gasteiger partial charge is 0.398 e. The second kappa shape index (κ2) is 5.58. The lowest BCUT2D eigenvalue weighted by Crippen LogP contribution is -2.22. The third kappa shape index (κ3) is 2.83. The van der Waals surface area contributed by atoms with Crippen LogP contribution in [0.15, 0.2) is 48.5 Å². The minimum absolute atomic E-state index is 0.854. The number of nitrogens with two attached hydrogens (primary N) is 1. The van der Waals surface area contributed by atoms with Gasteiger partial charge in [0, 0.05) is 24.5 Å². The molecule has 0 amide bonds.